The first-order valence-corrected chi connectivity index (χ1v) is 12.4. The summed E-state index contributed by atoms with van der Waals surface area (Å²) in [6, 6.07) is 16.5. The van der Waals surface area contributed by atoms with E-state index in [4.69, 9.17) is 4.74 Å². The molecule has 0 unspecified atom stereocenters. The Labute approximate surface area is 235 Å². The predicted molar refractivity (Wildman–Crippen MR) is 148 cm³/mol. The van der Waals surface area contributed by atoms with Crippen LogP contribution in [0.4, 0.5) is 29.3 Å². The number of pyridine rings is 1. The van der Waals surface area contributed by atoms with Crippen LogP contribution in [0.3, 0.4) is 0 Å². The molecule has 0 atom stereocenters. The zero-order valence-electron chi connectivity index (χ0n) is 21.4. The van der Waals surface area contributed by atoms with Crippen molar-refractivity contribution in [2.24, 2.45) is 0 Å². The van der Waals surface area contributed by atoms with Gasteiger partial charge in [-0.25, -0.2) is 24.3 Å². The number of amides is 2. The molecule has 6 aromatic rings. The molecule has 13 heteroatoms. The van der Waals surface area contributed by atoms with E-state index < -0.39 is 17.8 Å². The highest BCUT2D eigenvalue weighted by atomic mass is 19.4. The van der Waals surface area contributed by atoms with Crippen molar-refractivity contribution in [1.29, 1.82) is 0 Å². The number of rotatable bonds is 6. The molecule has 2 amide bonds. The highest BCUT2D eigenvalue weighted by molar-refractivity contribution is 6.02. The van der Waals surface area contributed by atoms with E-state index in [1.807, 2.05) is 24.3 Å². The minimum atomic E-state index is -4.59. The lowest BCUT2D eigenvalue weighted by Gasteiger charge is -2.15. The van der Waals surface area contributed by atoms with Crippen LogP contribution >= 0.6 is 0 Å². The molecule has 0 fully saturated rings. The Morgan fingerprint density at radius 1 is 0.810 bits per heavy atom. The Morgan fingerprint density at radius 2 is 1.60 bits per heavy atom. The van der Waals surface area contributed by atoms with Crippen molar-refractivity contribution in [3.63, 3.8) is 0 Å². The zero-order chi connectivity index (χ0) is 29.1. The van der Waals surface area contributed by atoms with Crippen LogP contribution in [0, 0.1) is 0 Å². The number of carbonyl (C=O) groups is 1. The molecule has 0 spiro atoms. The fraction of sp³-hybridized carbons (Fsp3) is 0.0345. The predicted octanol–water partition coefficient (Wildman–Crippen LogP) is 6.70. The molecule has 4 heterocycles. The van der Waals surface area contributed by atoms with Gasteiger partial charge in [-0.05, 0) is 54.6 Å². The number of alkyl halides is 3. The first-order valence-electron chi connectivity index (χ1n) is 12.4. The van der Waals surface area contributed by atoms with Gasteiger partial charge in [-0.3, -0.25) is 4.98 Å². The summed E-state index contributed by atoms with van der Waals surface area (Å²) in [6.07, 6.45) is 4.48. The number of ether oxygens (including phenoxy) is 1. The van der Waals surface area contributed by atoms with Crippen LogP contribution in [0.1, 0.15) is 5.56 Å². The summed E-state index contributed by atoms with van der Waals surface area (Å²) in [7, 11) is 0. The number of nitrogens with one attached hydrogen (secondary N) is 2. The van der Waals surface area contributed by atoms with Crippen LogP contribution in [0.2, 0.25) is 0 Å². The maximum Gasteiger partial charge on any atom is 0.416 e. The summed E-state index contributed by atoms with van der Waals surface area (Å²) in [5.41, 5.74) is 2.59. The van der Waals surface area contributed by atoms with E-state index >= 15 is 0 Å². The average Bonchev–Trinajstić information content (AvgIpc) is 3.43. The number of benzene rings is 2. The van der Waals surface area contributed by atoms with Crippen LogP contribution in [0.15, 0.2) is 104 Å². The second-order valence-electron chi connectivity index (χ2n) is 8.90. The third-order valence-electron chi connectivity index (χ3n) is 6.09. The minimum Gasteiger partial charge on any atom is -0.424 e. The fourth-order valence-electron chi connectivity index (χ4n) is 4.14. The Morgan fingerprint density at radius 3 is 2.33 bits per heavy atom. The van der Waals surface area contributed by atoms with Crippen molar-refractivity contribution in [2.75, 3.05) is 10.6 Å². The van der Waals surface area contributed by atoms with Gasteiger partial charge in [-0.2, -0.15) is 18.3 Å². The third kappa shape index (κ3) is 5.70. The highest BCUT2D eigenvalue weighted by Gasteiger charge is 2.31. The molecular weight excluding hydrogens is 549 g/mol. The lowest BCUT2D eigenvalue weighted by molar-refractivity contribution is -0.137. The van der Waals surface area contributed by atoms with E-state index in [2.05, 4.69) is 35.7 Å². The monoisotopic (exact) mass is 568 g/mol. The molecule has 0 aliphatic carbocycles. The number of hydrogen-bond acceptors (Lipinski definition) is 7. The topological polar surface area (TPSA) is 119 Å². The van der Waals surface area contributed by atoms with Crippen LogP contribution < -0.4 is 15.4 Å². The van der Waals surface area contributed by atoms with E-state index in [0.29, 0.717) is 16.9 Å². The normalized spacial score (nSPS) is 11.3. The minimum absolute atomic E-state index is 0.0296. The summed E-state index contributed by atoms with van der Waals surface area (Å²) in [4.78, 5) is 29.2. The van der Waals surface area contributed by atoms with E-state index in [-0.39, 0.29) is 17.4 Å². The summed E-state index contributed by atoms with van der Waals surface area (Å²) in [6.45, 7) is 0. The van der Waals surface area contributed by atoms with Crippen molar-refractivity contribution >= 4 is 23.1 Å². The number of aromatic nitrogens is 6. The van der Waals surface area contributed by atoms with Crippen molar-refractivity contribution < 1.29 is 22.7 Å². The molecule has 0 radical (unpaired) electrons. The molecule has 2 N–H and O–H groups in total. The summed E-state index contributed by atoms with van der Waals surface area (Å²) in [5.74, 6) is 0.478. The van der Waals surface area contributed by atoms with Gasteiger partial charge in [0.15, 0.2) is 5.65 Å². The lowest BCUT2D eigenvalue weighted by Crippen LogP contribution is -2.20. The molecule has 4 aromatic heterocycles. The molecule has 10 nitrogen and oxygen atoms in total. The Balaban J connectivity index is 1.12. The number of hydrogen-bond donors (Lipinski definition) is 2. The van der Waals surface area contributed by atoms with Gasteiger partial charge in [0, 0.05) is 35.3 Å². The van der Waals surface area contributed by atoms with Gasteiger partial charge >= 0.3 is 18.2 Å². The van der Waals surface area contributed by atoms with Crippen molar-refractivity contribution in [1.82, 2.24) is 29.5 Å². The van der Waals surface area contributed by atoms with Crippen LogP contribution in [0.25, 0.3) is 28.0 Å². The summed E-state index contributed by atoms with van der Waals surface area (Å²) in [5, 5.41) is 9.30. The SMILES string of the molecule is O=C(Nc1cnc(Oc2ccc(-c3cnc4cccnn34)cc2)nc1)Nc1cc(C(F)(F)F)ccc1-c1cccnc1. The Kier molecular flexibility index (Phi) is 6.88. The van der Waals surface area contributed by atoms with Gasteiger partial charge < -0.3 is 15.4 Å². The molecular formula is C29H19F3N8O2. The number of carbonyl (C=O) groups excluding carboxylic acids is 1. The van der Waals surface area contributed by atoms with Gasteiger partial charge in [-0.15, -0.1) is 0 Å². The second-order valence-corrected chi connectivity index (χ2v) is 8.90. The van der Waals surface area contributed by atoms with Crippen molar-refractivity contribution in [3.05, 3.63) is 109 Å². The molecule has 0 aliphatic rings. The van der Waals surface area contributed by atoms with Crippen LogP contribution in [-0.2, 0) is 6.18 Å². The van der Waals surface area contributed by atoms with Crippen LogP contribution in [-0.4, -0.2) is 35.6 Å². The average molecular weight is 569 g/mol. The molecule has 0 bridgehead atoms. The number of anilines is 2. The molecule has 42 heavy (non-hydrogen) atoms. The smallest absolute Gasteiger partial charge is 0.416 e. The molecule has 208 valence electrons. The third-order valence-corrected chi connectivity index (χ3v) is 6.09. The van der Waals surface area contributed by atoms with Crippen molar-refractivity contribution in [2.45, 2.75) is 6.18 Å². The maximum absolute atomic E-state index is 13.3. The van der Waals surface area contributed by atoms with E-state index in [1.54, 1.807) is 41.2 Å². The van der Waals surface area contributed by atoms with Crippen LogP contribution in [0.5, 0.6) is 11.8 Å². The second kappa shape index (κ2) is 11.0. The lowest BCUT2D eigenvalue weighted by atomic mass is 10.0. The molecule has 0 aliphatic heterocycles. The number of fused-ring (bicyclic) bond motifs is 1. The molecule has 0 saturated heterocycles. The Hall–Kier alpha value is -5.85. The fourth-order valence-corrected chi connectivity index (χ4v) is 4.14. The zero-order valence-corrected chi connectivity index (χ0v) is 21.4. The first kappa shape index (κ1) is 26.4. The van der Waals surface area contributed by atoms with Gasteiger partial charge in [0.25, 0.3) is 0 Å². The van der Waals surface area contributed by atoms with E-state index in [1.165, 1.54) is 30.9 Å². The van der Waals surface area contributed by atoms with Gasteiger partial charge in [-0.1, -0.05) is 12.1 Å². The van der Waals surface area contributed by atoms with E-state index in [0.717, 1.165) is 29.0 Å². The molecule has 0 saturated carbocycles. The summed E-state index contributed by atoms with van der Waals surface area (Å²) < 4.78 is 47.5. The number of urea groups is 1. The highest BCUT2D eigenvalue weighted by Crippen LogP contribution is 2.36. The summed E-state index contributed by atoms with van der Waals surface area (Å²) >= 11 is 0. The molecule has 6 rings (SSSR count). The molecule has 2 aromatic carbocycles. The number of imidazole rings is 1. The van der Waals surface area contributed by atoms with Gasteiger partial charge in [0.2, 0.25) is 0 Å². The number of nitrogens with zero attached hydrogens (tertiary/aromatic N) is 6. The number of halogens is 3. The largest absolute Gasteiger partial charge is 0.424 e. The van der Waals surface area contributed by atoms with Crippen molar-refractivity contribution in [3.8, 4) is 34.1 Å². The first-order chi connectivity index (χ1) is 20.3. The quantitative estimate of drug-likeness (QED) is 0.229. The van der Waals surface area contributed by atoms with Gasteiger partial charge in [0.05, 0.1) is 41.2 Å². The van der Waals surface area contributed by atoms with E-state index in [9.17, 15) is 18.0 Å². The maximum atomic E-state index is 13.3. The standard InChI is InChI=1S/C29H19F3N8O2/c30-29(31,32)20-7-10-23(19-3-1-11-33-14-19)24(13-20)39-27(41)38-21-15-35-28(36-16-21)42-22-8-5-18(6-9-22)25-17-34-26-4-2-12-37-40(25)26/h1-17H,(H2,38,39,41). The van der Waals surface area contributed by atoms with Gasteiger partial charge in [0.1, 0.15) is 5.75 Å². The Bertz CT molecular complexity index is 1860.